The van der Waals surface area contributed by atoms with Gasteiger partial charge in [-0.3, -0.25) is 9.59 Å². The number of thioether (sulfide) groups is 1. The van der Waals surface area contributed by atoms with Crippen molar-refractivity contribution in [2.75, 3.05) is 16.4 Å². The molecule has 2 amide bonds. The molecule has 0 unspecified atom stereocenters. The molecule has 0 bridgehead atoms. The monoisotopic (exact) mass is 398 g/mol. The van der Waals surface area contributed by atoms with Crippen LogP contribution in [0.5, 0.6) is 0 Å². The van der Waals surface area contributed by atoms with Gasteiger partial charge in [0.25, 0.3) is 0 Å². The van der Waals surface area contributed by atoms with Crippen molar-refractivity contribution in [3.05, 3.63) is 65.7 Å². The summed E-state index contributed by atoms with van der Waals surface area (Å²) < 4.78 is 0. The molecule has 0 aromatic heterocycles. The third-order valence-corrected chi connectivity index (χ3v) is 4.85. The summed E-state index contributed by atoms with van der Waals surface area (Å²) in [4.78, 5) is 35.3. The minimum Gasteiger partial charge on any atom is -0.478 e. The van der Waals surface area contributed by atoms with Gasteiger partial charge < -0.3 is 15.7 Å². The van der Waals surface area contributed by atoms with Crippen LogP contribution in [0.15, 0.2) is 59.5 Å². The smallest absolute Gasteiger partial charge is 0.328 e. The first-order valence-electron chi connectivity index (χ1n) is 8.72. The van der Waals surface area contributed by atoms with E-state index in [0.717, 1.165) is 40.3 Å². The van der Waals surface area contributed by atoms with Gasteiger partial charge in [0.1, 0.15) is 0 Å². The molecule has 28 heavy (non-hydrogen) atoms. The second-order valence-electron chi connectivity index (χ2n) is 5.99. The Bertz CT molecular complexity index is 909. The van der Waals surface area contributed by atoms with Crippen LogP contribution in [0.4, 0.5) is 11.4 Å². The number of carboxylic acids is 1. The fraction of sp³-hybridized carbons (Fsp3) is 0.190. The molecule has 0 aliphatic carbocycles. The van der Waals surface area contributed by atoms with E-state index in [2.05, 4.69) is 10.6 Å². The van der Waals surface area contributed by atoms with Crippen molar-refractivity contribution in [3.63, 3.8) is 0 Å². The first kappa shape index (κ1) is 21.2. The summed E-state index contributed by atoms with van der Waals surface area (Å²) in [5, 5.41) is 14.1. The van der Waals surface area contributed by atoms with Gasteiger partial charge in [0.05, 0.1) is 5.75 Å². The molecule has 2 aromatic rings. The minimum atomic E-state index is -1.19. The SMILES string of the molecule is CCc1cccc(C)c1NC(=O)CSc1cccc(NC(=O)/C=C/C(=O)O)c1. The molecule has 0 spiro atoms. The van der Waals surface area contributed by atoms with Gasteiger partial charge >= 0.3 is 5.97 Å². The number of carbonyl (C=O) groups excluding carboxylic acids is 2. The van der Waals surface area contributed by atoms with Crippen molar-refractivity contribution in [1.29, 1.82) is 0 Å². The molecule has 0 saturated carbocycles. The quantitative estimate of drug-likeness (QED) is 0.463. The number of hydrogen-bond acceptors (Lipinski definition) is 4. The number of nitrogens with one attached hydrogen (secondary N) is 2. The molecule has 0 atom stereocenters. The van der Waals surface area contributed by atoms with E-state index >= 15 is 0 Å². The lowest BCUT2D eigenvalue weighted by molar-refractivity contribution is -0.131. The van der Waals surface area contributed by atoms with E-state index in [4.69, 9.17) is 5.11 Å². The summed E-state index contributed by atoms with van der Waals surface area (Å²) >= 11 is 1.35. The average Bonchev–Trinajstić information content (AvgIpc) is 2.66. The van der Waals surface area contributed by atoms with E-state index in [-0.39, 0.29) is 11.7 Å². The third-order valence-electron chi connectivity index (χ3n) is 3.85. The Morgan fingerprint density at radius 2 is 1.82 bits per heavy atom. The summed E-state index contributed by atoms with van der Waals surface area (Å²) in [7, 11) is 0. The summed E-state index contributed by atoms with van der Waals surface area (Å²) in [5.74, 6) is -1.60. The topological polar surface area (TPSA) is 95.5 Å². The van der Waals surface area contributed by atoms with E-state index in [1.807, 2.05) is 38.1 Å². The van der Waals surface area contributed by atoms with Crippen molar-refractivity contribution >= 4 is 40.9 Å². The van der Waals surface area contributed by atoms with Gasteiger partial charge in [-0.1, -0.05) is 31.2 Å². The lowest BCUT2D eigenvalue weighted by Crippen LogP contribution is -2.16. The van der Waals surface area contributed by atoms with Crippen molar-refractivity contribution in [1.82, 2.24) is 0 Å². The number of amides is 2. The van der Waals surface area contributed by atoms with Crippen LogP contribution in [-0.4, -0.2) is 28.6 Å². The molecule has 0 saturated heterocycles. The second kappa shape index (κ2) is 10.3. The van der Waals surface area contributed by atoms with Crippen molar-refractivity contribution in [2.24, 2.45) is 0 Å². The highest BCUT2D eigenvalue weighted by Gasteiger charge is 2.09. The minimum absolute atomic E-state index is 0.104. The number of para-hydroxylation sites is 1. The molecule has 0 heterocycles. The van der Waals surface area contributed by atoms with E-state index in [1.165, 1.54) is 11.8 Å². The van der Waals surface area contributed by atoms with Crippen LogP contribution in [0.2, 0.25) is 0 Å². The van der Waals surface area contributed by atoms with Gasteiger partial charge in [-0.25, -0.2) is 4.79 Å². The van der Waals surface area contributed by atoms with Gasteiger partial charge in [-0.15, -0.1) is 11.8 Å². The lowest BCUT2D eigenvalue weighted by Gasteiger charge is -2.13. The number of hydrogen-bond donors (Lipinski definition) is 3. The molecule has 0 radical (unpaired) electrons. The highest BCUT2D eigenvalue weighted by molar-refractivity contribution is 8.00. The maximum atomic E-state index is 12.4. The zero-order valence-corrected chi connectivity index (χ0v) is 16.5. The summed E-state index contributed by atoms with van der Waals surface area (Å²) in [5.41, 5.74) is 3.51. The lowest BCUT2D eigenvalue weighted by atomic mass is 10.1. The van der Waals surface area contributed by atoms with E-state index in [1.54, 1.807) is 18.2 Å². The average molecular weight is 398 g/mol. The predicted molar refractivity (Wildman–Crippen MR) is 112 cm³/mol. The molecule has 3 N–H and O–H groups in total. The number of aliphatic carboxylic acids is 1. The number of anilines is 2. The van der Waals surface area contributed by atoms with E-state index < -0.39 is 11.9 Å². The molecule has 0 aliphatic rings. The van der Waals surface area contributed by atoms with Crippen molar-refractivity contribution in [2.45, 2.75) is 25.2 Å². The molecule has 6 nitrogen and oxygen atoms in total. The fourth-order valence-electron chi connectivity index (χ4n) is 2.52. The predicted octanol–water partition coefficient (Wildman–Crippen LogP) is 3.87. The molecular weight excluding hydrogens is 376 g/mol. The van der Waals surface area contributed by atoms with Crippen LogP contribution in [0, 0.1) is 6.92 Å². The van der Waals surface area contributed by atoms with Crippen molar-refractivity contribution in [3.8, 4) is 0 Å². The molecule has 7 heteroatoms. The standard InChI is InChI=1S/C21H22N2O4S/c1-3-15-7-4-6-14(2)21(15)23-19(25)13-28-17-9-5-8-16(12-17)22-18(24)10-11-20(26)27/h4-12H,3,13H2,1-2H3,(H,22,24)(H,23,25)(H,26,27)/b11-10+. The molecule has 0 fully saturated rings. The van der Waals surface area contributed by atoms with Gasteiger partial charge in [0.2, 0.25) is 11.8 Å². The van der Waals surface area contributed by atoms with Gasteiger partial charge in [0, 0.05) is 28.4 Å². The highest BCUT2D eigenvalue weighted by Crippen LogP contribution is 2.24. The Morgan fingerprint density at radius 3 is 2.54 bits per heavy atom. The molecule has 2 aromatic carbocycles. The van der Waals surface area contributed by atoms with E-state index in [9.17, 15) is 14.4 Å². The van der Waals surface area contributed by atoms with E-state index in [0.29, 0.717) is 5.69 Å². The maximum absolute atomic E-state index is 12.4. The Labute approximate surface area is 168 Å². The number of rotatable bonds is 8. The normalized spacial score (nSPS) is 10.6. The fourth-order valence-corrected chi connectivity index (χ4v) is 3.28. The van der Waals surface area contributed by atoms with Crippen LogP contribution in [0.3, 0.4) is 0 Å². The van der Waals surface area contributed by atoms with Gasteiger partial charge in [0.15, 0.2) is 0 Å². The molecular formula is C21H22N2O4S. The summed E-state index contributed by atoms with van der Waals surface area (Å²) in [6, 6.07) is 13.0. The number of carboxylic acid groups (broad SMARTS) is 1. The van der Waals surface area contributed by atoms with Gasteiger partial charge in [-0.2, -0.15) is 0 Å². The molecule has 0 aliphatic heterocycles. The second-order valence-corrected chi connectivity index (χ2v) is 7.04. The zero-order valence-electron chi connectivity index (χ0n) is 15.7. The van der Waals surface area contributed by atoms with Crippen LogP contribution in [-0.2, 0) is 20.8 Å². The first-order chi connectivity index (χ1) is 13.4. The highest BCUT2D eigenvalue weighted by atomic mass is 32.2. The largest absolute Gasteiger partial charge is 0.478 e. The Morgan fingerprint density at radius 1 is 1.07 bits per heavy atom. The zero-order chi connectivity index (χ0) is 20.5. The Hall–Kier alpha value is -3.06. The third kappa shape index (κ3) is 6.59. The molecule has 2 rings (SSSR count). The number of benzene rings is 2. The first-order valence-corrected chi connectivity index (χ1v) is 9.70. The number of aryl methyl sites for hydroxylation is 2. The van der Waals surface area contributed by atoms with Crippen LogP contribution in [0.25, 0.3) is 0 Å². The van der Waals surface area contributed by atoms with Gasteiger partial charge in [-0.05, 0) is 42.7 Å². The summed E-state index contributed by atoms with van der Waals surface area (Å²) in [6.45, 7) is 4.01. The summed E-state index contributed by atoms with van der Waals surface area (Å²) in [6.07, 6.45) is 2.56. The Balaban J connectivity index is 1.95. The Kier molecular flexibility index (Phi) is 7.83. The van der Waals surface area contributed by atoms with Crippen LogP contribution < -0.4 is 10.6 Å². The number of carbonyl (C=O) groups is 3. The maximum Gasteiger partial charge on any atom is 0.328 e. The molecule has 146 valence electrons. The van der Waals surface area contributed by atoms with Crippen LogP contribution >= 0.6 is 11.8 Å². The van der Waals surface area contributed by atoms with Crippen LogP contribution in [0.1, 0.15) is 18.1 Å². The van der Waals surface area contributed by atoms with Crippen molar-refractivity contribution < 1.29 is 19.5 Å².